The predicted molar refractivity (Wildman–Crippen MR) is 162 cm³/mol. The van der Waals surface area contributed by atoms with E-state index in [0.717, 1.165) is 12.8 Å². The van der Waals surface area contributed by atoms with Gasteiger partial charge in [-0.05, 0) is 60.2 Å². The first-order valence-electron chi connectivity index (χ1n) is 13.7. The van der Waals surface area contributed by atoms with Crippen molar-refractivity contribution in [2.75, 3.05) is 12.9 Å². The number of hydrogen-bond acceptors (Lipinski definition) is 3. The second-order valence-electron chi connectivity index (χ2n) is 8.81. The number of benzene rings is 4. The second kappa shape index (κ2) is 17.4. The standard InChI is InChI=1S/C31H20F8O2.C2H6.CH4S/c1-2-3-12-40-22-10-8-19(9-11-22)21-7-6-20(24(32)15-21)5-4-18-13-25(33)29(26(34)14-18)31(38,39)41-23-16-27(35)30(37)28(36)17-23;2*1-2/h6-11,13-17H,2-3,12H2,1H3;1-2H3;2H,1H3. The van der Waals surface area contributed by atoms with Crippen LogP contribution in [0, 0.1) is 46.7 Å². The summed E-state index contributed by atoms with van der Waals surface area (Å²) in [6.45, 7) is 6.64. The lowest BCUT2D eigenvalue weighted by Crippen LogP contribution is -2.25. The normalized spacial score (nSPS) is 10.4. The fraction of sp³-hybridized carbons (Fsp3) is 0.235. The Kier molecular flexibility index (Phi) is 14.3. The summed E-state index contributed by atoms with van der Waals surface area (Å²) < 4.78 is 122. The van der Waals surface area contributed by atoms with Crippen LogP contribution in [0.3, 0.4) is 0 Å². The van der Waals surface area contributed by atoms with Crippen molar-refractivity contribution in [2.45, 2.75) is 39.7 Å². The van der Waals surface area contributed by atoms with Gasteiger partial charge in [0.05, 0.1) is 12.2 Å². The minimum absolute atomic E-state index is 0.0971. The number of halogens is 8. The Labute approximate surface area is 262 Å². The first-order chi connectivity index (χ1) is 21.5. The maximum atomic E-state index is 14.7. The Morgan fingerprint density at radius 3 is 1.76 bits per heavy atom. The van der Waals surface area contributed by atoms with Crippen LogP contribution >= 0.6 is 12.6 Å². The molecule has 0 unspecified atom stereocenters. The molecule has 0 aliphatic carbocycles. The van der Waals surface area contributed by atoms with Crippen molar-refractivity contribution in [3.63, 3.8) is 0 Å². The van der Waals surface area contributed by atoms with Gasteiger partial charge in [-0.2, -0.15) is 21.4 Å². The van der Waals surface area contributed by atoms with Crippen molar-refractivity contribution < 1.29 is 44.6 Å². The summed E-state index contributed by atoms with van der Waals surface area (Å²) in [7, 11) is 0. The third-order valence-electron chi connectivity index (χ3n) is 5.80. The van der Waals surface area contributed by atoms with Gasteiger partial charge in [-0.15, -0.1) is 0 Å². The van der Waals surface area contributed by atoms with Gasteiger partial charge >= 0.3 is 6.11 Å². The van der Waals surface area contributed by atoms with Crippen molar-refractivity contribution in [3.8, 4) is 34.5 Å². The molecule has 0 radical (unpaired) electrons. The molecule has 0 heterocycles. The molecule has 0 amide bonds. The third-order valence-corrected chi connectivity index (χ3v) is 5.80. The van der Waals surface area contributed by atoms with Crippen LogP contribution in [-0.4, -0.2) is 12.9 Å². The van der Waals surface area contributed by atoms with E-state index in [2.05, 4.69) is 29.2 Å². The van der Waals surface area contributed by atoms with Gasteiger partial charge in [-0.1, -0.05) is 57.2 Å². The highest BCUT2D eigenvalue weighted by Gasteiger charge is 2.41. The number of rotatable bonds is 8. The number of thiol groups is 1. The molecule has 11 heteroatoms. The van der Waals surface area contributed by atoms with E-state index in [9.17, 15) is 35.1 Å². The van der Waals surface area contributed by atoms with E-state index in [4.69, 9.17) is 4.74 Å². The molecule has 0 saturated carbocycles. The zero-order valence-electron chi connectivity index (χ0n) is 24.8. The smallest absolute Gasteiger partial charge is 0.432 e. The molecule has 240 valence electrons. The van der Waals surface area contributed by atoms with Crippen molar-refractivity contribution in [1.82, 2.24) is 0 Å². The first-order valence-corrected chi connectivity index (χ1v) is 14.6. The fourth-order valence-electron chi connectivity index (χ4n) is 3.73. The molecule has 0 aliphatic rings. The molecular formula is C34H30F8O2S. The van der Waals surface area contributed by atoms with Crippen molar-refractivity contribution >= 4 is 12.6 Å². The van der Waals surface area contributed by atoms with Crippen LogP contribution in [0.15, 0.2) is 66.7 Å². The molecule has 0 atom stereocenters. The highest BCUT2D eigenvalue weighted by molar-refractivity contribution is 7.79. The van der Waals surface area contributed by atoms with Crippen LogP contribution in [0.4, 0.5) is 35.1 Å². The van der Waals surface area contributed by atoms with Gasteiger partial charge in [-0.3, -0.25) is 0 Å². The molecule has 0 aromatic heterocycles. The summed E-state index contributed by atoms with van der Waals surface area (Å²) in [4.78, 5) is 0. The monoisotopic (exact) mass is 654 g/mol. The average Bonchev–Trinajstić information content (AvgIpc) is 3.01. The van der Waals surface area contributed by atoms with Gasteiger partial charge in [0.25, 0.3) is 0 Å². The highest BCUT2D eigenvalue weighted by Crippen LogP contribution is 2.36. The quantitative estimate of drug-likeness (QED) is 0.0670. The van der Waals surface area contributed by atoms with Gasteiger partial charge in [0.15, 0.2) is 17.5 Å². The number of hydrogen-bond donors (Lipinski definition) is 1. The molecule has 4 aromatic rings. The topological polar surface area (TPSA) is 18.5 Å². The lowest BCUT2D eigenvalue weighted by atomic mass is 10.0. The minimum atomic E-state index is -4.74. The van der Waals surface area contributed by atoms with Crippen LogP contribution in [-0.2, 0) is 6.11 Å². The van der Waals surface area contributed by atoms with E-state index in [1.54, 1.807) is 36.6 Å². The van der Waals surface area contributed by atoms with Crippen LogP contribution in [0.1, 0.15) is 50.3 Å². The molecule has 0 fully saturated rings. The molecule has 0 N–H and O–H groups in total. The summed E-state index contributed by atoms with van der Waals surface area (Å²) >= 11 is 3.53. The van der Waals surface area contributed by atoms with Crippen LogP contribution in [0.25, 0.3) is 11.1 Å². The van der Waals surface area contributed by atoms with Crippen LogP contribution in [0.2, 0.25) is 0 Å². The van der Waals surface area contributed by atoms with Gasteiger partial charge in [-0.25, -0.2) is 26.3 Å². The van der Waals surface area contributed by atoms with E-state index in [-0.39, 0.29) is 17.7 Å². The van der Waals surface area contributed by atoms with Gasteiger partial charge in [0, 0.05) is 17.7 Å². The van der Waals surface area contributed by atoms with E-state index >= 15 is 0 Å². The Bertz CT molecular complexity index is 1580. The molecule has 0 bridgehead atoms. The predicted octanol–water partition coefficient (Wildman–Crippen LogP) is 10.5. The summed E-state index contributed by atoms with van der Waals surface area (Å²) in [5, 5.41) is 0. The van der Waals surface area contributed by atoms with Crippen LogP contribution in [0.5, 0.6) is 11.5 Å². The number of unbranched alkanes of at least 4 members (excludes halogenated alkanes) is 1. The Morgan fingerprint density at radius 1 is 0.667 bits per heavy atom. The van der Waals surface area contributed by atoms with E-state index in [1.165, 1.54) is 12.1 Å². The first kappa shape index (κ1) is 37.0. The largest absolute Gasteiger partial charge is 0.494 e. The summed E-state index contributed by atoms with van der Waals surface area (Å²) in [6, 6.07) is 12.3. The molecule has 4 aromatic carbocycles. The Balaban J connectivity index is 0.00000169. The number of ether oxygens (including phenoxy) is 2. The van der Waals surface area contributed by atoms with E-state index < -0.39 is 57.9 Å². The maximum absolute atomic E-state index is 14.7. The lowest BCUT2D eigenvalue weighted by molar-refractivity contribution is -0.189. The van der Waals surface area contributed by atoms with E-state index in [1.807, 2.05) is 20.8 Å². The van der Waals surface area contributed by atoms with Crippen molar-refractivity contribution in [1.29, 1.82) is 0 Å². The Hall–Kier alpha value is -4.17. The van der Waals surface area contributed by atoms with E-state index in [0.29, 0.717) is 35.6 Å². The zero-order valence-corrected chi connectivity index (χ0v) is 25.7. The third kappa shape index (κ3) is 9.91. The number of alkyl halides is 2. The minimum Gasteiger partial charge on any atom is -0.494 e. The lowest BCUT2D eigenvalue weighted by Gasteiger charge is -2.19. The van der Waals surface area contributed by atoms with Crippen molar-refractivity contribution in [2.24, 2.45) is 0 Å². The highest BCUT2D eigenvalue weighted by atomic mass is 32.1. The molecule has 2 nitrogen and oxygen atoms in total. The molecule has 0 spiro atoms. The van der Waals surface area contributed by atoms with Gasteiger partial charge < -0.3 is 9.47 Å². The average molecular weight is 655 g/mol. The fourth-order valence-corrected chi connectivity index (χ4v) is 3.73. The summed E-state index contributed by atoms with van der Waals surface area (Å²) in [5.74, 6) is -5.74. The summed E-state index contributed by atoms with van der Waals surface area (Å²) in [6.07, 6.45) is -1.13. The molecular weight excluding hydrogens is 624 g/mol. The van der Waals surface area contributed by atoms with Crippen molar-refractivity contribution in [3.05, 3.63) is 118 Å². The van der Waals surface area contributed by atoms with Gasteiger partial charge in [0.2, 0.25) is 0 Å². The molecule has 4 rings (SSSR count). The SMILES string of the molecule is CC.CCCCOc1ccc(-c2ccc(C#Cc3cc(F)c(C(F)(F)Oc4cc(F)c(F)c(F)c4)c(F)c3)c(F)c2)cc1.CS. The second-order valence-corrected chi connectivity index (χ2v) is 8.81. The summed E-state index contributed by atoms with van der Waals surface area (Å²) in [5.41, 5.74) is -1.14. The maximum Gasteiger partial charge on any atom is 0.432 e. The molecule has 0 saturated heterocycles. The molecule has 45 heavy (non-hydrogen) atoms. The van der Waals surface area contributed by atoms with Crippen LogP contribution < -0.4 is 9.47 Å². The van der Waals surface area contributed by atoms with Gasteiger partial charge in [0.1, 0.15) is 34.5 Å². The zero-order chi connectivity index (χ0) is 33.7. The molecule has 0 aliphatic heterocycles. The Morgan fingerprint density at radius 2 is 1.22 bits per heavy atom.